The van der Waals surface area contributed by atoms with Gasteiger partial charge < -0.3 is 13.6 Å². The van der Waals surface area contributed by atoms with Gasteiger partial charge in [0, 0.05) is 0 Å². The highest BCUT2D eigenvalue weighted by Crippen LogP contribution is 2.62. The van der Waals surface area contributed by atoms with E-state index in [1.54, 1.807) is 12.7 Å². The molecule has 2 fully saturated rings. The van der Waals surface area contributed by atoms with Gasteiger partial charge in [-0.1, -0.05) is 6.92 Å². The lowest BCUT2D eigenvalue weighted by Gasteiger charge is -2.51. The summed E-state index contributed by atoms with van der Waals surface area (Å²) in [5.74, 6) is 4.15. The minimum absolute atomic E-state index is 0.365. The van der Waals surface area contributed by atoms with Crippen LogP contribution in [0.4, 0.5) is 0 Å². The van der Waals surface area contributed by atoms with Crippen molar-refractivity contribution in [2.45, 2.75) is 96.8 Å². The Kier molecular flexibility index (Phi) is 5.72. The van der Waals surface area contributed by atoms with E-state index in [0.29, 0.717) is 17.4 Å². The van der Waals surface area contributed by atoms with Gasteiger partial charge in [0.1, 0.15) is 5.75 Å². The molecule has 2 saturated carbocycles. The number of ether oxygens (including phenoxy) is 1. The fraction of sp³-hybridized carbons (Fsp3) is 0.760. The van der Waals surface area contributed by atoms with Gasteiger partial charge in [-0.05, 0) is 124 Å². The van der Waals surface area contributed by atoms with E-state index in [1.165, 1.54) is 44.1 Å². The maximum Gasteiger partial charge on any atom is 0.242 e. The second kappa shape index (κ2) is 7.66. The third kappa shape index (κ3) is 4.14. The van der Waals surface area contributed by atoms with Crippen LogP contribution in [-0.4, -0.2) is 29.8 Å². The first-order chi connectivity index (χ1) is 13.9. The summed E-state index contributed by atoms with van der Waals surface area (Å²) in [7, 11) is -1.40. The highest BCUT2D eigenvalue weighted by Gasteiger charge is 2.55. The molecule has 0 spiro atoms. The second-order valence-electron chi connectivity index (χ2n) is 12.2. The molecular weight excluding hydrogens is 404 g/mol. The lowest BCUT2D eigenvalue weighted by atomic mass is 9.55. The molecule has 5 atom stereocenters. The Labute approximate surface area is 186 Å². The Balaban J connectivity index is 1.62. The summed E-state index contributed by atoms with van der Waals surface area (Å²) >= 11 is 0. The molecule has 3 aliphatic carbocycles. The largest absolute Gasteiger partial charge is 0.542 e. The molecule has 168 valence electrons. The molecule has 5 unspecified atom stereocenters. The highest BCUT2D eigenvalue weighted by atomic mass is 28.4. The molecule has 0 aliphatic heterocycles. The van der Waals surface area contributed by atoms with Crippen LogP contribution in [-0.2, 0) is 10.8 Å². The molecule has 3 nitrogen and oxygen atoms in total. The first-order valence-corrected chi connectivity index (χ1v) is 18.8. The van der Waals surface area contributed by atoms with E-state index in [0.717, 1.165) is 23.3 Å². The molecule has 1 aromatic carbocycles. The van der Waals surface area contributed by atoms with Gasteiger partial charge in [0.2, 0.25) is 8.32 Å². The van der Waals surface area contributed by atoms with Crippen molar-refractivity contribution < 1.29 is 13.6 Å². The summed E-state index contributed by atoms with van der Waals surface area (Å²) in [6, 6.07) is 4.64. The lowest BCUT2D eigenvalue weighted by Crippen LogP contribution is -2.47. The van der Waals surface area contributed by atoms with Crippen LogP contribution in [0.1, 0.15) is 56.1 Å². The van der Waals surface area contributed by atoms with E-state index < -0.39 is 16.6 Å². The molecule has 0 saturated heterocycles. The van der Waals surface area contributed by atoms with Gasteiger partial charge in [-0.2, -0.15) is 0 Å². The van der Waals surface area contributed by atoms with Gasteiger partial charge in [-0.25, -0.2) is 0 Å². The number of methoxy groups -OCH3 is 1. The van der Waals surface area contributed by atoms with Crippen molar-refractivity contribution in [1.29, 1.82) is 0 Å². The first kappa shape index (κ1) is 22.4. The van der Waals surface area contributed by atoms with Gasteiger partial charge in [-0.15, -0.1) is 0 Å². The lowest BCUT2D eigenvalue weighted by molar-refractivity contribution is -0.0141. The molecule has 30 heavy (non-hydrogen) atoms. The van der Waals surface area contributed by atoms with Crippen molar-refractivity contribution in [3.05, 3.63) is 23.3 Å². The monoisotopic (exact) mass is 446 g/mol. The number of benzene rings is 1. The van der Waals surface area contributed by atoms with Gasteiger partial charge in [0.25, 0.3) is 0 Å². The number of hydrogen-bond acceptors (Lipinski definition) is 3. The zero-order chi connectivity index (χ0) is 21.9. The van der Waals surface area contributed by atoms with Crippen LogP contribution in [0.3, 0.4) is 0 Å². The predicted octanol–water partition coefficient (Wildman–Crippen LogP) is 6.99. The van der Waals surface area contributed by atoms with Crippen molar-refractivity contribution in [2.75, 3.05) is 7.11 Å². The molecule has 1 aromatic rings. The molecule has 0 bridgehead atoms. The summed E-state index contributed by atoms with van der Waals surface area (Å²) in [4.78, 5) is 0. The van der Waals surface area contributed by atoms with E-state index in [1.807, 2.05) is 0 Å². The second-order valence-corrected chi connectivity index (χ2v) is 21.1. The van der Waals surface area contributed by atoms with E-state index in [2.05, 4.69) is 58.3 Å². The number of rotatable bonds is 5. The zero-order valence-electron chi connectivity index (χ0n) is 20.4. The fourth-order valence-electron chi connectivity index (χ4n) is 6.72. The van der Waals surface area contributed by atoms with E-state index >= 15 is 0 Å². The molecule has 0 aromatic heterocycles. The zero-order valence-corrected chi connectivity index (χ0v) is 22.4. The topological polar surface area (TPSA) is 27.7 Å². The molecular formula is C25H42O3Si2. The minimum atomic E-state index is -1.67. The predicted molar refractivity (Wildman–Crippen MR) is 130 cm³/mol. The molecule has 5 heteroatoms. The van der Waals surface area contributed by atoms with E-state index in [9.17, 15) is 0 Å². The highest BCUT2D eigenvalue weighted by molar-refractivity contribution is 6.70. The van der Waals surface area contributed by atoms with Crippen LogP contribution in [0.15, 0.2) is 12.1 Å². The average Bonchev–Trinajstić information content (AvgIpc) is 2.94. The van der Waals surface area contributed by atoms with Crippen molar-refractivity contribution in [3.63, 3.8) is 0 Å². The molecule has 0 heterocycles. The number of hydrogen-bond donors (Lipinski definition) is 0. The van der Waals surface area contributed by atoms with Gasteiger partial charge in [0.15, 0.2) is 14.1 Å². The number of fused-ring (bicyclic) bond motifs is 5. The fourth-order valence-corrected chi connectivity index (χ4v) is 8.78. The van der Waals surface area contributed by atoms with E-state index in [4.69, 9.17) is 13.6 Å². The van der Waals surface area contributed by atoms with Crippen LogP contribution in [0.5, 0.6) is 11.5 Å². The molecule has 3 aliphatic rings. The van der Waals surface area contributed by atoms with Crippen LogP contribution in [0.2, 0.25) is 39.3 Å². The third-order valence-corrected chi connectivity index (χ3v) is 9.66. The smallest absolute Gasteiger partial charge is 0.242 e. The van der Waals surface area contributed by atoms with Crippen molar-refractivity contribution in [2.24, 2.45) is 17.3 Å². The molecule has 4 rings (SSSR count). The Bertz CT molecular complexity index is 795. The molecule has 0 amide bonds. The minimum Gasteiger partial charge on any atom is -0.542 e. The summed E-state index contributed by atoms with van der Waals surface area (Å²) < 4.78 is 18.9. The summed E-state index contributed by atoms with van der Waals surface area (Å²) in [5.41, 5.74) is 3.41. The first-order valence-electron chi connectivity index (χ1n) is 12.0. The van der Waals surface area contributed by atoms with Gasteiger partial charge >= 0.3 is 0 Å². The normalized spacial score (nSPS) is 33.5. The van der Waals surface area contributed by atoms with Crippen LogP contribution >= 0.6 is 0 Å². The van der Waals surface area contributed by atoms with E-state index in [-0.39, 0.29) is 0 Å². The maximum absolute atomic E-state index is 6.73. The summed E-state index contributed by atoms with van der Waals surface area (Å²) in [5, 5.41) is 0. The SMILES string of the molecule is COc1cc2c(cc1O[Si](C)(C)C)CCC1C2CCC2(C)C(O[Si](C)(C)C)CCC12. The van der Waals surface area contributed by atoms with Crippen LogP contribution < -0.4 is 9.16 Å². The van der Waals surface area contributed by atoms with Gasteiger partial charge in [-0.3, -0.25) is 0 Å². The Morgan fingerprint density at radius 2 is 1.63 bits per heavy atom. The average molecular weight is 447 g/mol. The van der Waals surface area contributed by atoms with Crippen molar-refractivity contribution in [1.82, 2.24) is 0 Å². The Hall–Kier alpha value is -0.786. The third-order valence-electron chi connectivity index (χ3n) is 7.83. The summed E-state index contributed by atoms with van der Waals surface area (Å²) in [6.07, 6.45) is 8.14. The standard InChI is InChI=1S/C25H42O3Si2/c1-25-14-13-18-19(21(25)11-12-24(25)28-30(6,7)8)10-9-17-15-23(27-29(3,4)5)22(26-2)16-20(17)18/h15-16,18-19,21,24H,9-14H2,1-8H3. The maximum atomic E-state index is 6.73. The van der Waals surface area contributed by atoms with Crippen molar-refractivity contribution in [3.8, 4) is 11.5 Å². The van der Waals surface area contributed by atoms with Gasteiger partial charge in [0.05, 0.1) is 13.2 Å². The summed E-state index contributed by atoms with van der Waals surface area (Å²) in [6.45, 7) is 16.3. The number of aryl methyl sites for hydroxylation is 1. The molecule has 0 radical (unpaired) electrons. The quantitative estimate of drug-likeness (QED) is 0.456. The van der Waals surface area contributed by atoms with Crippen LogP contribution in [0, 0.1) is 17.3 Å². The Morgan fingerprint density at radius 1 is 0.900 bits per heavy atom. The molecule has 0 N–H and O–H groups in total. The Morgan fingerprint density at radius 3 is 2.27 bits per heavy atom. The van der Waals surface area contributed by atoms with Crippen molar-refractivity contribution >= 4 is 16.6 Å². The van der Waals surface area contributed by atoms with Crippen LogP contribution in [0.25, 0.3) is 0 Å².